The third-order valence-electron chi connectivity index (χ3n) is 3.90. The Labute approximate surface area is 105 Å². The lowest BCUT2D eigenvalue weighted by molar-refractivity contribution is 0.0637. The average molecular weight is 242 g/mol. The first-order valence-corrected chi connectivity index (χ1v) is 6.91. The summed E-state index contributed by atoms with van der Waals surface area (Å²) < 4.78 is 10.7. The third-order valence-corrected chi connectivity index (χ3v) is 3.90. The lowest BCUT2D eigenvalue weighted by Gasteiger charge is -2.33. The number of piperidine rings is 1. The molecular formula is C13H26N2O2. The Balaban J connectivity index is 1.57. The van der Waals surface area contributed by atoms with Crippen molar-refractivity contribution in [2.24, 2.45) is 5.92 Å². The molecule has 0 radical (unpaired) electrons. The van der Waals surface area contributed by atoms with Gasteiger partial charge in [0.2, 0.25) is 0 Å². The maximum Gasteiger partial charge on any atom is 0.0620 e. The number of hydrogen-bond donors (Lipinski definition) is 1. The van der Waals surface area contributed by atoms with E-state index in [1.54, 1.807) is 7.11 Å². The molecule has 2 heterocycles. The molecule has 2 rings (SSSR count). The predicted molar refractivity (Wildman–Crippen MR) is 68.3 cm³/mol. The first-order valence-electron chi connectivity index (χ1n) is 6.91. The fourth-order valence-electron chi connectivity index (χ4n) is 2.76. The second kappa shape index (κ2) is 7.31. The van der Waals surface area contributed by atoms with E-state index >= 15 is 0 Å². The number of hydrogen-bond acceptors (Lipinski definition) is 4. The molecule has 0 aromatic carbocycles. The molecule has 2 aliphatic heterocycles. The largest absolute Gasteiger partial charge is 0.384 e. The molecule has 1 atom stereocenters. The van der Waals surface area contributed by atoms with Gasteiger partial charge in [-0.15, -0.1) is 0 Å². The van der Waals surface area contributed by atoms with Gasteiger partial charge in [0.1, 0.15) is 0 Å². The van der Waals surface area contributed by atoms with Crippen LogP contribution in [0.4, 0.5) is 0 Å². The second-order valence-corrected chi connectivity index (χ2v) is 5.25. The Bertz CT molecular complexity index is 200. The van der Waals surface area contributed by atoms with Crippen LogP contribution in [0, 0.1) is 5.92 Å². The molecule has 0 spiro atoms. The van der Waals surface area contributed by atoms with Crippen molar-refractivity contribution in [2.45, 2.75) is 25.3 Å². The smallest absolute Gasteiger partial charge is 0.0620 e. The number of morpholine rings is 1. The summed E-state index contributed by atoms with van der Waals surface area (Å²) in [6.07, 6.45) is 3.81. The van der Waals surface area contributed by atoms with Gasteiger partial charge in [0.05, 0.1) is 13.2 Å². The summed E-state index contributed by atoms with van der Waals surface area (Å²) in [7, 11) is 1.81. The minimum Gasteiger partial charge on any atom is -0.384 e. The van der Waals surface area contributed by atoms with Crippen LogP contribution in [-0.4, -0.2) is 64.1 Å². The number of likely N-dealkylation sites (tertiary alicyclic amines) is 1. The van der Waals surface area contributed by atoms with Crippen molar-refractivity contribution in [3.05, 3.63) is 0 Å². The zero-order chi connectivity index (χ0) is 11.9. The average Bonchev–Trinajstić information content (AvgIpc) is 2.40. The van der Waals surface area contributed by atoms with Crippen molar-refractivity contribution in [2.75, 3.05) is 53.1 Å². The summed E-state index contributed by atoms with van der Waals surface area (Å²) in [5, 5.41) is 3.52. The third kappa shape index (κ3) is 4.54. The van der Waals surface area contributed by atoms with Crippen molar-refractivity contribution in [3.8, 4) is 0 Å². The minimum absolute atomic E-state index is 0.570. The van der Waals surface area contributed by atoms with E-state index in [4.69, 9.17) is 9.47 Å². The molecule has 0 bridgehead atoms. The number of rotatable bonds is 5. The van der Waals surface area contributed by atoms with Crippen molar-refractivity contribution in [3.63, 3.8) is 0 Å². The van der Waals surface area contributed by atoms with Crippen LogP contribution in [0.25, 0.3) is 0 Å². The highest BCUT2D eigenvalue weighted by Gasteiger charge is 2.20. The summed E-state index contributed by atoms with van der Waals surface area (Å²) in [4.78, 5) is 2.59. The number of ether oxygens (including phenoxy) is 2. The van der Waals surface area contributed by atoms with E-state index in [1.165, 1.54) is 38.9 Å². The molecule has 1 unspecified atom stereocenters. The Morgan fingerprint density at radius 1 is 1.35 bits per heavy atom. The second-order valence-electron chi connectivity index (χ2n) is 5.25. The summed E-state index contributed by atoms with van der Waals surface area (Å²) in [5.74, 6) is 0.785. The fourth-order valence-corrected chi connectivity index (χ4v) is 2.76. The normalized spacial score (nSPS) is 28.4. The minimum atomic E-state index is 0.570. The number of methoxy groups -OCH3 is 1. The van der Waals surface area contributed by atoms with E-state index < -0.39 is 0 Å². The van der Waals surface area contributed by atoms with Crippen LogP contribution in [0.5, 0.6) is 0 Å². The molecule has 2 fully saturated rings. The SMILES string of the molecule is COCC1CCN(CCC2COCCN2)CC1. The summed E-state index contributed by atoms with van der Waals surface area (Å²) in [6, 6.07) is 0.570. The summed E-state index contributed by atoms with van der Waals surface area (Å²) >= 11 is 0. The van der Waals surface area contributed by atoms with Gasteiger partial charge in [-0.3, -0.25) is 0 Å². The molecule has 1 N–H and O–H groups in total. The Morgan fingerprint density at radius 3 is 2.82 bits per heavy atom. The van der Waals surface area contributed by atoms with Gasteiger partial charge in [-0.2, -0.15) is 0 Å². The highest BCUT2D eigenvalue weighted by molar-refractivity contribution is 4.76. The molecule has 0 aromatic heterocycles. The molecule has 0 amide bonds. The lowest BCUT2D eigenvalue weighted by atomic mass is 9.97. The Hall–Kier alpha value is -0.160. The van der Waals surface area contributed by atoms with E-state index in [9.17, 15) is 0 Å². The molecular weight excluding hydrogens is 216 g/mol. The molecule has 100 valence electrons. The van der Waals surface area contributed by atoms with Gasteiger partial charge < -0.3 is 19.7 Å². The maximum atomic E-state index is 5.47. The molecule has 2 aliphatic rings. The van der Waals surface area contributed by atoms with Crippen LogP contribution in [0.15, 0.2) is 0 Å². The van der Waals surface area contributed by atoms with Gasteiger partial charge in [-0.1, -0.05) is 0 Å². The first kappa shape index (κ1) is 13.3. The van der Waals surface area contributed by atoms with Crippen molar-refractivity contribution < 1.29 is 9.47 Å². The summed E-state index contributed by atoms with van der Waals surface area (Å²) in [5.41, 5.74) is 0. The zero-order valence-corrected chi connectivity index (χ0v) is 11.0. The molecule has 0 saturated carbocycles. The maximum absolute atomic E-state index is 5.47. The predicted octanol–water partition coefficient (Wildman–Crippen LogP) is 0.723. The van der Waals surface area contributed by atoms with Crippen LogP contribution in [0.1, 0.15) is 19.3 Å². The van der Waals surface area contributed by atoms with Gasteiger partial charge >= 0.3 is 0 Å². The molecule has 2 saturated heterocycles. The van der Waals surface area contributed by atoms with Gasteiger partial charge in [0, 0.05) is 26.3 Å². The van der Waals surface area contributed by atoms with E-state index in [-0.39, 0.29) is 0 Å². The van der Waals surface area contributed by atoms with Crippen molar-refractivity contribution >= 4 is 0 Å². The topological polar surface area (TPSA) is 33.7 Å². The Kier molecular flexibility index (Phi) is 5.71. The van der Waals surface area contributed by atoms with E-state index in [0.29, 0.717) is 6.04 Å². The fraction of sp³-hybridized carbons (Fsp3) is 1.00. The van der Waals surface area contributed by atoms with Crippen LogP contribution in [-0.2, 0) is 9.47 Å². The monoisotopic (exact) mass is 242 g/mol. The zero-order valence-electron chi connectivity index (χ0n) is 11.0. The van der Waals surface area contributed by atoms with E-state index in [0.717, 1.165) is 32.3 Å². The standard InChI is InChI=1S/C13H26N2O2/c1-16-10-12-2-6-15(7-3-12)8-4-13-11-17-9-5-14-13/h12-14H,2-11H2,1H3. The molecule has 4 heteroatoms. The molecule has 4 nitrogen and oxygen atoms in total. The van der Waals surface area contributed by atoms with Crippen LogP contribution in [0.2, 0.25) is 0 Å². The van der Waals surface area contributed by atoms with Crippen LogP contribution < -0.4 is 5.32 Å². The van der Waals surface area contributed by atoms with Gasteiger partial charge in [-0.25, -0.2) is 0 Å². The molecule has 0 aromatic rings. The van der Waals surface area contributed by atoms with E-state index in [2.05, 4.69) is 10.2 Å². The van der Waals surface area contributed by atoms with Gasteiger partial charge in [-0.05, 0) is 44.8 Å². The summed E-state index contributed by atoms with van der Waals surface area (Å²) in [6.45, 7) is 7.40. The number of nitrogens with one attached hydrogen (secondary N) is 1. The van der Waals surface area contributed by atoms with Gasteiger partial charge in [0.25, 0.3) is 0 Å². The van der Waals surface area contributed by atoms with Crippen molar-refractivity contribution in [1.29, 1.82) is 0 Å². The van der Waals surface area contributed by atoms with Crippen molar-refractivity contribution in [1.82, 2.24) is 10.2 Å². The lowest BCUT2D eigenvalue weighted by Crippen LogP contribution is -2.44. The molecule has 0 aliphatic carbocycles. The first-order chi connectivity index (χ1) is 8.38. The van der Waals surface area contributed by atoms with Crippen LogP contribution >= 0.6 is 0 Å². The van der Waals surface area contributed by atoms with Crippen LogP contribution in [0.3, 0.4) is 0 Å². The Morgan fingerprint density at radius 2 is 2.18 bits per heavy atom. The molecule has 17 heavy (non-hydrogen) atoms. The quantitative estimate of drug-likeness (QED) is 0.770. The number of nitrogens with zero attached hydrogens (tertiary/aromatic N) is 1. The highest BCUT2D eigenvalue weighted by Crippen LogP contribution is 2.17. The van der Waals surface area contributed by atoms with E-state index in [1.807, 2.05) is 0 Å². The van der Waals surface area contributed by atoms with Gasteiger partial charge in [0.15, 0.2) is 0 Å². The highest BCUT2D eigenvalue weighted by atomic mass is 16.5.